The summed E-state index contributed by atoms with van der Waals surface area (Å²) in [5.41, 5.74) is 2.58. The van der Waals surface area contributed by atoms with Gasteiger partial charge in [0.25, 0.3) is 5.91 Å². The molecule has 4 rings (SSSR count). The Bertz CT molecular complexity index is 1100. The minimum absolute atomic E-state index is 0.00902. The van der Waals surface area contributed by atoms with Gasteiger partial charge in [0.05, 0.1) is 22.0 Å². The minimum atomic E-state index is -0.193. The van der Waals surface area contributed by atoms with E-state index in [0.717, 1.165) is 22.0 Å². The van der Waals surface area contributed by atoms with Crippen molar-refractivity contribution in [1.82, 2.24) is 0 Å². The van der Waals surface area contributed by atoms with E-state index in [9.17, 15) is 9.90 Å². The van der Waals surface area contributed by atoms with E-state index in [-0.39, 0.29) is 16.7 Å². The van der Waals surface area contributed by atoms with Crippen LogP contribution in [0, 0.1) is 0 Å². The Kier molecular flexibility index (Phi) is 3.98. The number of aromatic hydroxyl groups is 1. The molecule has 0 radical (unpaired) electrons. The van der Waals surface area contributed by atoms with Gasteiger partial charge in [0.15, 0.2) is 0 Å². The van der Waals surface area contributed by atoms with Gasteiger partial charge in [-0.1, -0.05) is 48.0 Å². The maximum Gasteiger partial charge on any atom is 0.280 e. The monoisotopic (exact) mass is 362 g/mol. The summed E-state index contributed by atoms with van der Waals surface area (Å²) in [6.07, 6.45) is 1.73. The zero-order valence-corrected chi connectivity index (χ0v) is 14.7. The second-order valence-corrected chi connectivity index (χ2v) is 6.51. The van der Waals surface area contributed by atoms with E-state index in [2.05, 4.69) is 5.10 Å². The number of fused-ring (bicyclic) bond motifs is 1. The van der Waals surface area contributed by atoms with Gasteiger partial charge in [0, 0.05) is 0 Å². The van der Waals surface area contributed by atoms with Gasteiger partial charge < -0.3 is 5.11 Å². The molecule has 0 unspecified atom stereocenters. The van der Waals surface area contributed by atoms with Crippen LogP contribution in [-0.4, -0.2) is 16.7 Å². The summed E-state index contributed by atoms with van der Waals surface area (Å²) in [6, 6.07) is 18.6. The summed E-state index contributed by atoms with van der Waals surface area (Å²) >= 11 is 5.95. The highest BCUT2D eigenvalue weighted by Gasteiger charge is 2.28. The van der Waals surface area contributed by atoms with E-state index < -0.39 is 0 Å². The van der Waals surface area contributed by atoms with Crippen molar-refractivity contribution in [3.05, 3.63) is 76.8 Å². The first-order valence-electron chi connectivity index (χ1n) is 8.12. The van der Waals surface area contributed by atoms with Crippen molar-refractivity contribution in [3.63, 3.8) is 0 Å². The van der Waals surface area contributed by atoms with Gasteiger partial charge in [-0.05, 0) is 53.6 Å². The molecule has 0 aliphatic carbocycles. The van der Waals surface area contributed by atoms with Crippen LogP contribution < -0.4 is 5.01 Å². The molecule has 4 nitrogen and oxygen atoms in total. The van der Waals surface area contributed by atoms with Gasteiger partial charge >= 0.3 is 0 Å². The molecule has 1 aliphatic rings. The third-order valence-electron chi connectivity index (χ3n) is 4.32. The molecule has 0 bridgehead atoms. The Balaban J connectivity index is 1.71. The zero-order valence-electron chi connectivity index (χ0n) is 14.0. The largest absolute Gasteiger partial charge is 0.506 e. The van der Waals surface area contributed by atoms with Crippen LogP contribution in [0.1, 0.15) is 12.5 Å². The number of rotatable bonds is 2. The van der Waals surface area contributed by atoms with E-state index in [1.54, 1.807) is 25.1 Å². The summed E-state index contributed by atoms with van der Waals surface area (Å²) in [5.74, 6) is -0.184. The first-order chi connectivity index (χ1) is 12.5. The van der Waals surface area contributed by atoms with Crippen molar-refractivity contribution in [2.75, 3.05) is 5.01 Å². The number of amides is 1. The normalized spacial score (nSPS) is 15.8. The molecule has 1 aliphatic heterocycles. The predicted octanol–water partition coefficient (Wildman–Crippen LogP) is 5.00. The number of hydrogen-bond donors (Lipinski definition) is 1. The molecule has 1 amide bonds. The fourth-order valence-corrected chi connectivity index (χ4v) is 3.14. The average molecular weight is 363 g/mol. The molecule has 3 aromatic rings. The Morgan fingerprint density at radius 3 is 2.58 bits per heavy atom. The van der Waals surface area contributed by atoms with Gasteiger partial charge in [-0.2, -0.15) is 10.1 Å². The maximum absolute atomic E-state index is 12.9. The average Bonchev–Trinajstić information content (AvgIpc) is 2.92. The topological polar surface area (TPSA) is 52.9 Å². The van der Waals surface area contributed by atoms with Gasteiger partial charge in [-0.15, -0.1) is 0 Å². The van der Waals surface area contributed by atoms with E-state index in [1.165, 1.54) is 11.1 Å². The van der Waals surface area contributed by atoms with Gasteiger partial charge in [0.2, 0.25) is 0 Å². The van der Waals surface area contributed by atoms with Crippen LogP contribution in [0.3, 0.4) is 0 Å². The van der Waals surface area contributed by atoms with Crippen molar-refractivity contribution < 1.29 is 9.90 Å². The van der Waals surface area contributed by atoms with Crippen molar-refractivity contribution in [1.29, 1.82) is 0 Å². The molecule has 0 fully saturated rings. The van der Waals surface area contributed by atoms with Gasteiger partial charge in [-0.25, -0.2) is 0 Å². The summed E-state index contributed by atoms with van der Waals surface area (Å²) in [6.45, 7) is 1.80. The predicted molar refractivity (Wildman–Crippen MR) is 106 cm³/mol. The molecule has 0 spiro atoms. The number of carbonyl (C=O) groups excluding carboxylic acids is 1. The fourth-order valence-electron chi connectivity index (χ4n) is 2.95. The molecule has 1 N–H and O–H groups in total. The maximum atomic E-state index is 12.9. The van der Waals surface area contributed by atoms with E-state index in [0.29, 0.717) is 11.3 Å². The molecule has 3 aromatic carbocycles. The second-order valence-electron chi connectivity index (χ2n) is 6.10. The molecule has 0 atom stereocenters. The van der Waals surface area contributed by atoms with Gasteiger partial charge in [0.1, 0.15) is 5.75 Å². The molecular weight excluding hydrogens is 348 g/mol. The first kappa shape index (κ1) is 16.4. The Labute approximate surface area is 155 Å². The van der Waals surface area contributed by atoms with Crippen LogP contribution >= 0.6 is 11.6 Å². The van der Waals surface area contributed by atoms with E-state index in [1.807, 2.05) is 42.5 Å². The van der Waals surface area contributed by atoms with E-state index >= 15 is 0 Å². The Morgan fingerprint density at radius 1 is 1.04 bits per heavy atom. The third kappa shape index (κ3) is 2.85. The Morgan fingerprint density at radius 2 is 1.81 bits per heavy atom. The SMILES string of the molecule is CC1=NN(c2ccc3ccccc3c2)C(=O)/C1=C\c1ccc(O)c(Cl)c1. The summed E-state index contributed by atoms with van der Waals surface area (Å²) < 4.78 is 0. The molecule has 26 heavy (non-hydrogen) atoms. The van der Waals surface area contributed by atoms with Crippen LogP contribution in [0.5, 0.6) is 5.75 Å². The molecule has 5 heteroatoms. The van der Waals surface area contributed by atoms with Crippen molar-refractivity contribution >= 4 is 45.8 Å². The lowest BCUT2D eigenvalue weighted by Crippen LogP contribution is -2.21. The summed E-state index contributed by atoms with van der Waals surface area (Å²) in [4.78, 5) is 12.9. The molecule has 0 aromatic heterocycles. The highest BCUT2D eigenvalue weighted by Crippen LogP contribution is 2.29. The highest BCUT2D eigenvalue weighted by molar-refractivity contribution is 6.33. The number of hydrogen-bond acceptors (Lipinski definition) is 3. The number of benzene rings is 3. The number of anilines is 1. The summed E-state index contributed by atoms with van der Waals surface area (Å²) in [5, 5.41) is 17.8. The number of phenols is 1. The number of phenolic OH excluding ortho intramolecular Hbond substituents is 1. The van der Waals surface area contributed by atoms with Crippen molar-refractivity contribution in [2.24, 2.45) is 5.10 Å². The molecule has 0 saturated heterocycles. The van der Waals surface area contributed by atoms with Crippen molar-refractivity contribution in [3.8, 4) is 5.75 Å². The summed E-state index contributed by atoms with van der Waals surface area (Å²) in [7, 11) is 0. The zero-order chi connectivity index (χ0) is 18.3. The number of nitrogens with zero attached hydrogens (tertiary/aromatic N) is 2. The molecule has 1 heterocycles. The highest BCUT2D eigenvalue weighted by atomic mass is 35.5. The number of hydrazone groups is 1. The fraction of sp³-hybridized carbons (Fsp3) is 0.0476. The molecule has 128 valence electrons. The third-order valence-corrected chi connectivity index (χ3v) is 4.63. The quantitative estimate of drug-likeness (QED) is 0.652. The lowest BCUT2D eigenvalue weighted by atomic mass is 10.1. The standard InChI is InChI=1S/C21H15ClN2O2/c1-13-18(10-14-6-9-20(25)19(22)11-14)21(26)24(23-13)17-8-7-15-4-2-3-5-16(15)12-17/h2-12,25H,1H3/b18-10-. The van der Waals surface area contributed by atoms with Crippen LogP contribution in [0.15, 0.2) is 71.3 Å². The van der Waals surface area contributed by atoms with Crippen molar-refractivity contribution in [2.45, 2.75) is 6.92 Å². The Hall–Kier alpha value is -3.11. The van der Waals surface area contributed by atoms with Crippen LogP contribution in [-0.2, 0) is 4.79 Å². The van der Waals surface area contributed by atoms with Crippen LogP contribution in [0.2, 0.25) is 5.02 Å². The van der Waals surface area contributed by atoms with Crippen LogP contribution in [0.4, 0.5) is 5.69 Å². The van der Waals surface area contributed by atoms with E-state index in [4.69, 9.17) is 11.6 Å². The number of halogens is 1. The van der Waals surface area contributed by atoms with Crippen LogP contribution in [0.25, 0.3) is 16.8 Å². The molecular formula is C21H15ClN2O2. The first-order valence-corrected chi connectivity index (χ1v) is 8.50. The number of carbonyl (C=O) groups is 1. The van der Waals surface area contributed by atoms with Gasteiger partial charge in [-0.3, -0.25) is 4.79 Å². The second kappa shape index (κ2) is 6.32. The smallest absolute Gasteiger partial charge is 0.280 e. The molecule has 0 saturated carbocycles. The lowest BCUT2D eigenvalue weighted by Gasteiger charge is -2.12. The lowest BCUT2D eigenvalue weighted by molar-refractivity contribution is -0.114. The minimum Gasteiger partial charge on any atom is -0.506 e.